The molecule has 1 saturated carbocycles. The number of thioether (sulfide) groups is 1. The summed E-state index contributed by atoms with van der Waals surface area (Å²) in [5.74, 6) is 0.101. The van der Waals surface area contributed by atoms with Crippen LogP contribution in [0.4, 0.5) is 0 Å². The van der Waals surface area contributed by atoms with E-state index in [1.54, 1.807) is 0 Å². The van der Waals surface area contributed by atoms with Crippen LogP contribution in [-0.4, -0.2) is 28.8 Å². The Hall–Kier alpha value is 0.300. The zero-order chi connectivity index (χ0) is 10.4. The van der Waals surface area contributed by atoms with Crippen molar-refractivity contribution in [2.75, 3.05) is 18.1 Å². The van der Waals surface area contributed by atoms with Crippen LogP contribution in [0.1, 0.15) is 32.1 Å². The molecule has 0 radical (unpaired) electrons. The van der Waals surface area contributed by atoms with Gasteiger partial charge >= 0.3 is 0 Å². The summed E-state index contributed by atoms with van der Waals surface area (Å²) in [7, 11) is 0. The molecule has 0 spiro atoms. The second-order valence-corrected chi connectivity index (χ2v) is 5.69. The van der Waals surface area contributed by atoms with Crippen LogP contribution in [0.25, 0.3) is 0 Å². The van der Waals surface area contributed by atoms with E-state index in [1.165, 1.54) is 32.1 Å². The fourth-order valence-electron chi connectivity index (χ4n) is 1.96. The Bertz CT molecular complexity index is 193. The average Bonchev–Trinajstić information content (AvgIpc) is 2.27. The second-order valence-electron chi connectivity index (χ2n) is 3.86. The molecule has 0 aromatic heterocycles. The molecule has 0 bridgehead atoms. The number of hydrogen-bond donors (Lipinski definition) is 1. The highest BCUT2D eigenvalue weighted by molar-refractivity contribution is 9.09. The molecule has 0 saturated heterocycles. The molecule has 82 valence electrons. The summed E-state index contributed by atoms with van der Waals surface area (Å²) in [6, 6.07) is 0. The van der Waals surface area contributed by atoms with Gasteiger partial charge in [0.15, 0.2) is 0 Å². The van der Waals surface area contributed by atoms with Crippen LogP contribution in [0.3, 0.4) is 0 Å². The molecule has 0 aromatic carbocycles. The highest BCUT2D eigenvalue weighted by Crippen LogP contribution is 2.37. The highest BCUT2D eigenvalue weighted by atomic mass is 79.9. The van der Waals surface area contributed by atoms with Crippen molar-refractivity contribution in [3.63, 3.8) is 0 Å². The summed E-state index contributed by atoms with van der Waals surface area (Å²) in [5.41, 5.74) is 0. The van der Waals surface area contributed by atoms with Crippen LogP contribution in [0.15, 0.2) is 0 Å². The summed E-state index contributed by atoms with van der Waals surface area (Å²) in [5, 5.41) is 3.40. The van der Waals surface area contributed by atoms with Crippen LogP contribution >= 0.6 is 27.7 Å². The van der Waals surface area contributed by atoms with E-state index in [2.05, 4.69) is 27.5 Å². The molecular formula is C10H18BrNOS. The summed E-state index contributed by atoms with van der Waals surface area (Å²) in [6.07, 6.45) is 8.63. The Morgan fingerprint density at radius 2 is 2.07 bits per heavy atom. The number of carbonyl (C=O) groups is 1. The Labute approximate surface area is 98.7 Å². The van der Waals surface area contributed by atoms with Gasteiger partial charge in [-0.2, -0.15) is 11.8 Å². The lowest BCUT2D eigenvalue weighted by Crippen LogP contribution is -2.42. The van der Waals surface area contributed by atoms with E-state index >= 15 is 0 Å². The van der Waals surface area contributed by atoms with Crippen molar-refractivity contribution in [3.8, 4) is 0 Å². The maximum absolute atomic E-state index is 11.1. The van der Waals surface area contributed by atoms with Crippen LogP contribution in [0.2, 0.25) is 0 Å². The van der Waals surface area contributed by atoms with Crippen molar-refractivity contribution in [3.05, 3.63) is 0 Å². The molecule has 4 heteroatoms. The van der Waals surface area contributed by atoms with Crippen molar-refractivity contribution in [2.45, 2.75) is 36.9 Å². The standard InChI is InChI=1S/C10H18BrNOS/c1-14-10(5-3-2-4-6-10)8-12-9(13)7-11/h2-8H2,1H3,(H,12,13). The van der Waals surface area contributed by atoms with Gasteiger partial charge in [0.1, 0.15) is 0 Å². The summed E-state index contributed by atoms with van der Waals surface area (Å²) >= 11 is 5.08. The molecule has 1 aliphatic carbocycles. The van der Waals surface area contributed by atoms with Gasteiger partial charge in [-0.15, -0.1) is 0 Å². The molecule has 0 atom stereocenters. The number of hydrogen-bond acceptors (Lipinski definition) is 2. The molecule has 0 aliphatic heterocycles. The first kappa shape index (κ1) is 12.4. The molecule has 0 heterocycles. The van der Waals surface area contributed by atoms with Gasteiger partial charge in [-0.3, -0.25) is 4.79 Å². The fourth-order valence-corrected chi connectivity index (χ4v) is 3.07. The summed E-state index contributed by atoms with van der Waals surface area (Å²) in [4.78, 5) is 11.1. The quantitative estimate of drug-likeness (QED) is 0.802. The van der Waals surface area contributed by atoms with Crippen LogP contribution in [0, 0.1) is 0 Å². The van der Waals surface area contributed by atoms with Crippen LogP contribution in [0.5, 0.6) is 0 Å². The van der Waals surface area contributed by atoms with Crippen molar-refractivity contribution in [2.24, 2.45) is 0 Å². The fraction of sp³-hybridized carbons (Fsp3) is 0.900. The Kier molecular flexibility index (Phi) is 5.31. The number of amides is 1. The molecule has 1 rings (SSSR count). The number of halogens is 1. The first-order chi connectivity index (χ1) is 6.72. The van der Waals surface area contributed by atoms with E-state index in [0.29, 0.717) is 10.1 Å². The van der Waals surface area contributed by atoms with Gasteiger partial charge in [-0.25, -0.2) is 0 Å². The lowest BCUT2D eigenvalue weighted by Gasteiger charge is -2.35. The lowest BCUT2D eigenvalue weighted by molar-refractivity contribution is -0.118. The molecule has 1 amide bonds. The Balaban J connectivity index is 2.39. The van der Waals surface area contributed by atoms with E-state index in [1.807, 2.05) is 11.8 Å². The monoisotopic (exact) mass is 279 g/mol. The molecule has 0 aromatic rings. The molecule has 1 fully saturated rings. The predicted octanol–water partition coefficient (Wildman–Crippen LogP) is 2.56. The van der Waals surface area contributed by atoms with Crippen molar-refractivity contribution in [1.82, 2.24) is 5.32 Å². The maximum atomic E-state index is 11.1. The number of rotatable bonds is 4. The van der Waals surface area contributed by atoms with Gasteiger partial charge in [0.25, 0.3) is 0 Å². The van der Waals surface area contributed by atoms with Crippen LogP contribution in [-0.2, 0) is 4.79 Å². The van der Waals surface area contributed by atoms with Gasteiger partial charge < -0.3 is 5.32 Å². The third-order valence-corrected chi connectivity index (χ3v) is 4.85. The van der Waals surface area contributed by atoms with Gasteiger partial charge in [0, 0.05) is 11.3 Å². The zero-order valence-corrected chi connectivity index (χ0v) is 11.0. The Morgan fingerprint density at radius 3 is 2.57 bits per heavy atom. The normalized spacial score (nSPS) is 20.4. The minimum absolute atomic E-state index is 0.101. The maximum Gasteiger partial charge on any atom is 0.230 e. The van der Waals surface area contributed by atoms with E-state index in [9.17, 15) is 4.79 Å². The number of nitrogens with one attached hydrogen (secondary N) is 1. The average molecular weight is 280 g/mol. The third kappa shape index (κ3) is 3.46. The SMILES string of the molecule is CSC1(CNC(=O)CBr)CCCCC1. The summed E-state index contributed by atoms with van der Waals surface area (Å²) < 4.78 is 0.316. The second kappa shape index (κ2) is 6.01. The lowest BCUT2D eigenvalue weighted by atomic mass is 9.88. The first-order valence-electron chi connectivity index (χ1n) is 5.10. The highest BCUT2D eigenvalue weighted by Gasteiger charge is 2.31. The third-order valence-electron chi connectivity index (χ3n) is 2.93. The Morgan fingerprint density at radius 1 is 1.43 bits per heavy atom. The topological polar surface area (TPSA) is 29.1 Å². The molecule has 14 heavy (non-hydrogen) atoms. The van der Waals surface area contributed by atoms with E-state index in [0.717, 1.165) is 6.54 Å². The first-order valence-corrected chi connectivity index (χ1v) is 7.45. The number of alkyl halides is 1. The molecule has 2 nitrogen and oxygen atoms in total. The zero-order valence-electron chi connectivity index (χ0n) is 8.64. The predicted molar refractivity (Wildman–Crippen MR) is 66.1 cm³/mol. The van der Waals surface area contributed by atoms with Crippen molar-refractivity contribution < 1.29 is 4.79 Å². The minimum atomic E-state index is 0.101. The summed E-state index contributed by atoms with van der Waals surface area (Å²) in [6.45, 7) is 0.832. The molecule has 1 aliphatic rings. The van der Waals surface area contributed by atoms with Gasteiger partial charge in [0.05, 0.1) is 5.33 Å². The number of carbonyl (C=O) groups excluding carboxylic acids is 1. The molecule has 0 unspecified atom stereocenters. The van der Waals surface area contributed by atoms with E-state index < -0.39 is 0 Å². The van der Waals surface area contributed by atoms with Crippen molar-refractivity contribution >= 4 is 33.6 Å². The van der Waals surface area contributed by atoms with Crippen molar-refractivity contribution in [1.29, 1.82) is 0 Å². The molecular weight excluding hydrogens is 262 g/mol. The minimum Gasteiger partial charge on any atom is -0.354 e. The van der Waals surface area contributed by atoms with Crippen LogP contribution < -0.4 is 5.32 Å². The smallest absolute Gasteiger partial charge is 0.230 e. The van der Waals surface area contributed by atoms with E-state index in [4.69, 9.17) is 0 Å². The van der Waals surface area contributed by atoms with Gasteiger partial charge in [-0.1, -0.05) is 35.2 Å². The largest absolute Gasteiger partial charge is 0.354 e. The van der Waals surface area contributed by atoms with Gasteiger partial charge in [-0.05, 0) is 19.1 Å². The molecule has 1 N–H and O–H groups in total. The van der Waals surface area contributed by atoms with Gasteiger partial charge in [0.2, 0.25) is 5.91 Å². The van der Waals surface area contributed by atoms with E-state index in [-0.39, 0.29) is 5.91 Å².